The Balaban J connectivity index is 2.77. The molecule has 0 amide bonds. The molecule has 92 valence electrons. The van der Waals surface area contributed by atoms with E-state index in [1.807, 2.05) is 0 Å². The van der Waals surface area contributed by atoms with Crippen LogP contribution in [0.2, 0.25) is 0 Å². The summed E-state index contributed by atoms with van der Waals surface area (Å²) in [6.45, 7) is 0. The maximum Gasteiger partial charge on any atom is 0.344 e. The normalized spacial score (nSPS) is 16.8. The van der Waals surface area contributed by atoms with Crippen molar-refractivity contribution in [2.75, 3.05) is 14.2 Å². The van der Waals surface area contributed by atoms with Crippen molar-refractivity contribution in [1.82, 2.24) is 0 Å². The zero-order chi connectivity index (χ0) is 13.3. The Morgan fingerprint density at radius 3 is 2.44 bits per heavy atom. The largest absolute Gasteiger partial charge is 0.506 e. The Bertz CT molecular complexity index is 599. The van der Waals surface area contributed by atoms with Crippen LogP contribution < -0.4 is 0 Å². The molecule has 0 heterocycles. The number of aliphatic hydroxyl groups is 1. The van der Waals surface area contributed by atoms with E-state index in [1.165, 1.54) is 14.2 Å². The summed E-state index contributed by atoms with van der Waals surface area (Å²) < 4.78 is 4.57. The van der Waals surface area contributed by atoms with Crippen LogP contribution >= 0.6 is 0 Å². The third kappa shape index (κ3) is 1.60. The third-order valence-corrected chi connectivity index (χ3v) is 2.73. The van der Waals surface area contributed by atoms with Gasteiger partial charge in [0.1, 0.15) is 17.0 Å². The van der Waals surface area contributed by atoms with Gasteiger partial charge in [0.2, 0.25) is 5.78 Å². The minimum atomic E-state index is -0.782. The molecule has 1 aliphatic carbocycles. The molecular formula is C13H11NO4. The fourth-order valence-electron chi connectivity index (χ4n) is 1.88. The van der Waals surface area contributed by atoms with Crippen LogP contribution in [-0.2, 0) is 9.53 Å². The van der Waals surface area contributed by atoms with Crippen LogP contribution in [0.25, 0.3) is 5.76 Å². The molecule has 0 aliphatic heterocycles. The van der Waals surface area contributed by atoms with E-state index in [2.05, 4.69) is 9.73 Å². The van der Waals surface area contributed by atoms with E-state index in [4.69, 9.17) is 0 Å². The van der Waals surface area contributed by atoms with Gasteiger partial charge in [-0.15, -0.1) is 0 Å². The summed E-state index contributed by atoms with van der Waals surface area (Å²) >= 11 is 0. The van der Waals surface area contributed by atoms with E-state index in [-0.39, 0.29) is 17.0 Å². The molecule has 1 aromatic carbocycles. The van der Waals surface area contributed by atoms with E-state index in [0.29, 0.717) is 11.1 Å². The maximum atomic E-state index is 12.1. The monoisotopic (exact) mass is 245 g/mol. The number of hydrogen-bond acceptors (Lipinski definition) is 5. The van der Waals surface area contributed by atoms with E-state index in [0.717, 1.165) is 0 Å². The number of hydrogen-bond donors (Lipinski definition) is 1. The number of benzene rings is 1. The number of carbonyl (C=O) groups is 2. The first-order valence-corrected chi connectivity index (χ1v) is 5.24. The number of aliphatic hydroxyl groups excluding tert-OH is 1. The zero-order valence-electron chi connectivity index (χ0n) is 9.93. The molecule has 0 atom stereocenters. The fourth-order valence-corrected chi connectivity index (χ4v) is 1.88. The molecule has 0 saturated heterocycles. The molecule has 1 N–H and O–H groups in total. The molecule has 0 unspecified atom stereocenters. The highest BCUT2D eigenvalue weighted by atomic mass is 16.5. The third-order valence-electron chi connectivity index (χ3n) is 2.73. The van der Waals surface area contributed by atoms with E-state index in [1.54, 1.807) is 24.3 Å². The van der Waals surface area contributed by atoms with Gasteiger partial charge in [-0.25, -0.2) is 4.79 Å². The molecule has 0 spiro atoms. The highest BCUT2D eigenvalue weighted by Crippen LogP contribution is 2.28. The first kappa shape index (κ1) is 12.0. The molecule has 0 bridgehead atoms. The average Bonchev–Trinajstić information content (AvgIpc) is 2.41. The van der Waals surface area contributed by atoms with Crippen molar-refractivity contribution in [2.24, 2.45) is 4.99 Å². The minimum absolute atomic E-state index is 0.0851. The molecule has 0 aromatic heterocycles. The first-order valence-electron chi connectivity index (χ1n) is 5.24. The Hall–Kier alpha value is -2.43. The molecule has 0 radical (unpaired) electrons. The van der Waals surface area contributed by atoms with Crippen LogP contribution in [0, 0.1) is 0 Å². The average molecular weight is 245 g/mol. The zero-order valence-corrected chi connectivity index (χ0v) is 9.93. The van der Waals surface area contributed by atoms with Gasteiger partial charge in [-0.05, 0) is 0 Å². The number of methoxy groups -OCH3 is 1. The van der Waals surface area contributed by atoms with E-state index in [9.17, 15) is 14.7 Å². The van der Waals surface area contributed by atoms with Gasteiger partial charge >= 0.3 is 5.97 Å². The molecular weight excluding hydrogens is 234 g/mol. The highest BCUT2D eigenvalue weighted by Gasteiger charge is 2.34. The SMILES string of the molecule is CN=C1C(=O)c2ccccc2C(O)=C1C(=O)OC. The van der Waals surface area contributed by atoms with Gasteiger partial charge < -0.3 is 9.84 Å². The molecule has 5 heteroatoms. The number of nitrogens with zero attached hydrogens (tertiary/aromatic N) is 1. The number of rotatable bonds is 1. The van der Waals surface area contributed by atoms with Crippen LogP contribution in [-0.4, -0.2) is 36.7 Å². The number of fused-ring (bicyclic) bond motifs is 1. The number of esters is 1. The van der Waals surface area contributed by atoms with Crippen LogP contribution in [0.4, 0.5) is 0 Å². The number of aliphatic imine (C=N–C) groups is 1. The quantitative estimate of drug-likeness (QED) is 0.759. The second-order valence-corrected chi connectivity index (χ2v) is 3.66. The van der Waals surface area contributed by atoms with Gasteiger partial charge in [-0.3, -0.25) is 9.79 Å². The Morgan fingerprint density at radius 1 is 1.28 bits per heavy atom. The van der Waals surface area contributed by atoms with Crippen molar-refractivity contribution in [3.63, 3.8) is 0 Å². The van der Waals surface area contributed by atoms with Crippen molar-refractivity contribution in [3.8, 4) is 0 Å². The second kappa shape index (κ2) is 4.44. The summed E-state index contributed by atoms with van der Waals surface area (Å²) in [7, 11) is 2.57. The van der Waals surface area contributed by atoms with Gasteiger partial charge in [0, 0.05) is 18.2 Å². The summed E-state index contributed by atoms with van der Waals surface area (Å²) in [5.41, 5.74) is 0.361. The van der Waals surface area contributed by atoms with Gasteiger partial charge in [-0.2, -0.15) is 0 Å². The predicted octanol–water partition coefficient (Wildman–Crippen LogP) is 1.40. The van der Waals surface area contributed by atoms with Gasteiger partial charge in [0.15, 0.2) is 0 Å². The standard InChI is InChI=1S/C13H11NO4/c1-14-10-9(13(17)18-2)11(15)7-5-3-4-6-8(7)12(10)16/h3-6,15H,1-2H3. The van der Waals surface area contributed by atoms with Gasteiger partial charge in [0.05, 0.1) is 7.11 Å². The molecule has 1 aliphatic rings. The second-order valence-electron chi connectivity index (χ2n) is 3.66. The van der Waals surface area contributed by atoms with Gasteiger partial charge in [0.25, 0.3) is 0 Å². The predicted molar refractivity (Wildman–Crippen MR) is 65.7 cm³/mol. The topological polar surface area (TPSA) is 76.0 Å². The van der Waals surface area contributed by atoms with E-state index >= 15 is 0 Å². The number of Topliss-reactive ketones (excluding diaryl/α,β-unsaturated/α-hetero) is 1. The van der Waals surface area contributed by atoms with Crippen LogP contribution in [0.15, 0.2) is 34.8 Å². The number of carbonyl (C=O) groups excluding carboxylic acids is 2. The summed E-state index contributed by atoms with van der Waals surface area (Å²) in [4.78, 5) is 27.5. The lowest BCUT2D eigenvalue weighted by Gasteiger charge is -2.18. The summed E-state index contributed by atoms with van der Waals surface area (Å²) in [5, 5.41) is 10.1. The van der Waals surface area contributed by atoms with Crippen LogP contribution in [0.1, 0.15) is 15.9 Å². The highest BCUT2D eigenvalue weighted by molar-refractivity contribution is 6.58. The molecule has 0 fully saturated rings. The summed E-state index contributed by atoms with van der Waals surface area (Å²) in [6, 6.07) is 6.50. The van der Waals surface area contributed by atoms with Crippen molar-refractivity contribution in [2.45, 2.75) is 0 Å². The van der Waals surface area contributed by atoms with Crippen molar-refractivity contribution >= 4 is 23.2 Å². The lowest BCUT2D eigenvalue weighted by molar-refractivity contribution is -0.135. The van der Waals surface area contributed by atoms with E-state index < -0.39 is 11.8 Å². The Kier molecular flexibility index (Phi) is 2.97. The smallest absolute Gasteiger partial charge is 0.344 e. The number of ketones is 1. The summed E-state index contributed by atoms with van der Waals surface area (Å²) in [6.07, 6.45) is 0. The lowest BCUT2D eigenvalue weighted by atomic mass is 9.88. The fraction of sp³-hybridized carbons (Fsp3) is 0.154. The van der Waals surface area contributed by atoms with Crippen molar-refractivity contribution in [3.05, 3.63) is 41.0 Å². The number of ether oxygens (including phenoxy) is 1. The minimum Gasteiger partial charge on any atom is -0.506 e. The van der Waals surface area contributed by atoms with Crippen molar-refractivity contribution < 1.29 is 19.4 Å². The maximum absolute atomic E-state index is 12.1. The van der Waals surface area contributed by atoms with Crippen LogP contribution in [0.3, 0.4) is 0 Å². The van der Waals surface area contributed by atoms with Gasteiger partial charge in [-0.1, -0.05) is 24.3 Å². The molecule has 18 heavy (non-hydrogen) atoms. The van der Waals surface area contributed by atoms with Crippen molar-refractivity contribution in [1.29, 1.82) is 0 Å². The molecule has 1 aromatic rings. The lowest BCUT2D eigenvalue weighted by Crippen LogP contribution is -2.29. The molecule has 5 nitrogen and oxygen atoms in total. The first-order chi connectivity index (χ1) is 8.61. The summed E-state index contributed by atoms with van der Waals surface area (Å²) in [5.74, 6) is -1.46. The van der Waals surface area contributed by atoms with Crippen LogP contribution in [0.5, 0.6) is 0 Å². The molecule has 2 rings (SSSR count). The Morgan fingerprint density at radius 2 is 1.89 bits per heavy atom. The molecule has 0 saturated carbocycles. The Labute approximate surface area is 103 Å².